The van der Waals surface area contributed by atoms with Crippen molar-refractivity contribution in [1.82, 2.24) is 19.9 Å². The number of rotatable bonds is 3. The molecule has 2 aromatic rings. The second-order valence-electron chi connectivity index (χ2n) is 5.47. The first-order valence-electron chi connectivity index (χ1n) is 7.20. The summed E-state index contributed by atoms with van der Waals surface area (Å²) in [5.41, 5.74) is 7.75. The normalized spacial score (nSPS) is 19.4. The quantitative estimate of drug-likeness (QED) is 0.891. The van der Waals surface area contributed by atoms with Crippen molar-refractivity contribution in [2.75, 3.05) is 31.2 Å². The first-order valence-corrected chi connectivity index (χ1v) is 7.20. The van der Waals surface area contributed by atoms with E-state index in [1.807, 2.05) is 12.1 Å². The van der Waals surface area contributed by atoms with Gasteiger partial charge in [-0.15, -0.1) is 0 Å². The average Bonchev–Trinajstić information content (AvgIpc) is 2.50. The Labute approximate surface area is 124 Å². The number of anilines is 2. The van der Waals surface area contributed by atoms with Gasteiger partial charge in [0.1, 0.15) is 0 Å². The molecule has 3 N–H and O–H groups in total. The SMILES string of the molecule is CN1CCC[C@@H](Nc2nc(-c3ccncc3)cnc2N)C1. The van der Waals surface area contributed by atoms with E-state index in [0.717, 1.165) is 30.8 Å². The van der Waals surface area contributed by atoms with Gasteiger partial charge >= 0.3 is 0 Å². The van der Waals surface area contributed by atoms with Gasteiger partial charge in [0.25, 0.3) is 0 Å². The Balaban J connectivity index is 1.81. The van der Waals surface area contributed by atoms with Gasteiger partial charge in [-0.25, -0.2) is 9.97 Å². The fourth-order valence-corrected chi connectivity index (χ4v) is 2.64. The first-order chi connectivity index (χ1) is 10.2. The van der Waals surface area contributed by atoms with E-state index in [9.17, 15) is 0 Å². The molecule has 1 aliphatic rings. The van der Waals surface area contributed by atoms with Crippen LogP contribution in [0.2, 0.25) is 0 Å². The Kier molecular flexibility index (Phi) is 3.96. The van der Waals surface area contributed by atoms with E-state index in [1.165, 1.54) is 6.42 Å². The van der Waals surface area contributed by atoms with Crippen LogP contribution in [-0.2, 0) is 0 Å². The van der Waals surface area contributed by atoms with Crippen LogP contribution >= 0.6 is 0 Å². The van der Waals surface area contributed by atoms with Crippen molar-refractivity contribution in [1.29, 1.82) is 0 Å². The highest BCUT2D eigenvalue weighted by molar-refractivity contribution is 5.65. The maximum atomic E-state index is 5.96. The molecular formula is C15H20N6. The van der Waals surface area contributed by atoms with Gasteiger partial charge in [-0.3, -0.25) is 4.98 Å². The standard InChI is InChI=1S/C15H20N6/c1-21-8-2-3-12(10-21)19-15-14(16)18-9-13(20-15)11-4-6-17-7-5-11/h4-7,9,12H,2-3,8,10H2,1H3,(H2,16,18)(H,19,20)/t12-/m1/s1. The molecule has 3 rings (SSSR count). The van der Waals surface area contributed by atoms with Crippen molar-refractivity contribution < 1.29 is 0 Å². The maximum absolute atomic E-state index is 5.96. The summed E-state index contributed by atoms with van der Waals surface area (Å²) in [5.74, 6) is 1.12. The molecule has 6 nitrogen and oxygen atoms in total. The molecule has 0 unspecified atom stereocenters. The van der Waals surface area contributed by atoms with E-state index >= 15 is 0 Å². The van der Waals surface area contributed by atoms with Gasteiger partial charge in [-0.1, -0.05) is 0 Å². The second kappa shape index (κ2) is 6.05. The van der Waals surface area contributed by atoms with Crippen LogP contribution in [0, 0.1) is 0 Å². The number of likely N-dealkylation sites (tertiary alicyclic amines) is 1. The number of aromatic nitrogens is 3. The van der Waals surface area contributed by atoms with Crippen LogP contribution in [0.4, 0.5) is 11.6 Å². The molecule has 0 bridgehead atoms. The van der Waals surface area contributed by atoms with Crippen LogP contribution in [-0.4, -0.2) is 46.0 Å². The van der Waals surface area contributed by atoms with Crippen LogP contribution in [0.5, 0.6) is 0 Å². The minimum atomic E-state index is 0.369. The van der Waals surface area contributed by atoms with E-state index in [-0.39, 0.29) is 0 Å². The predicted molar refractivity (Wildman–Crippen MR) is 83.8 cm³/mol. The average molecular weight is 284 g/mol. The minimum Gasteiger partial charge on any atom is -0.381 e. The van der Waals surface area contributed by atoms with Gasteiger partial charge in [0.2, 0.25) is 0 Å². The molecule has 0 radical (unpaired) electrons. The Morgan fingerprint density at radius 1 is 1.33 bits per heavy atom. The number of hydrogen-bond acceptors (Lipinski definition) is 6. The third-order valence-corrected chi connectivity index (χ3v) is 3.74. The number of nitrogens with one attached hydrogen (secondary N) is 1. The number of hydrogen-bond donors (Lipinski definition) is 2. The Morgan fingerprint density at radius 2 is 2.14 bits per heavy atom. The van der Waals surface area contributed by atoms with E-state index < -0.39 is 0 Å². The van der Waals surface area contributed by atoms with E-state index in [2.05, 4.69) is 32.2 Å². The number of pyridine rings is 1. The molecule has 1 saturated heterocycles. The van der Waals surface area contributed by atoms with E-state index in [0.29, 0.717) is 17.7 Å². The van der Waals surface area contributed by atoms with Crippen molar-refractivity contribution in [3.8, 4) is 11.3 Å². The maximum Gasteiger partial charge on any atom is 0.169 e. The molecule has 6 heteroatoms. The van der Waals surface area contributed by atoms with Gasteiger partial charge in [0.05, 0.1) is 11.9 Å². The van der Waals surface area contributed by atoms with Crippen LogP contribution in [0.25, 0.3) is 11.3 Å². The zero-order chi connectivity index (χ0) is 14.7. The largest absolute Gasteiger partial charge is 0.381 e. The molecule has 0 amide bonds. The van der Waals surface area contributed by atoms with Gasteiger partial charge in [0, 0.05) is 30.5 Å². The monoisotopic (exact) mass is 284 g/mol. The number of nitrogens with two attached hydrogens (primary N) is 1. The van der Waals surface area contributed by atoms with Gasteiger partial charge in [0.15, 0.2) is 11.6 Å². The number of nitrogens with zero attached hydrogens (tertiary/aromatic N) is 4. The molecule has 0 aliphatic carbocycles. The third kappa shape index (κ3) is 3.28. The summed E-state index contributed by atoms with van der Waals surface area (Å²) in [6.45, 7) is 2.15. The van der Waals surface area contributed by atoms with Gasteiger partial charge in [-0.2, -0.15) is 0 Å². The van der Waals surface area contributed by atoms with E-state index in [1.54, 1.807) is 18.6 Å². The molecule has 21 heavy (non-hydrogen) atoms. The minimum absolute atomic E-state index is 0.369. The lowest BCUT2D eigenvalue weighted by Crippen LogP contribution is -2.40. The fourth-order valence-electron chi connectivity index (χ4n) is 2.64. The second-order valence-corrected chi connectivity index (χ2v) is 5.47. The van der Waals surface area contributed by atoms with Crippen LogP contribution < -0.4 is 11.1 Å². The summed E-state index contributed by atoms with van der Waals surface area (Å²) in [6.07, 6.45) is 7.51. The van der Waals surface area contributed by atoms with Crippen molar-refractivity contribution in [3.63, 3.8) is 0 Å². The summed E-state index contributed by atoms with van der Waals surface area (Å²) >= 11 is 0. The number of piperidine rings is 1. The van der Waals surface area contributed by atoms with Gasteiger partial charge in [-0.05, 0) is 38.6 Å². The highest BCUT2D eigenvalue weighted by Gasteiger charge is 2.18. The molecule has 110 valence electrons. The summed E-state index contributed by atoms with van der Waals surface area (Å²) in [5, 5.41) is 3.43. The molecule has 2 aromatic heterocycles. The summed E-state index contributed by atoms with van der Waals surface area (Å²) < 4.78 is 0. The lowest BCUT2D eigenvalue weighted by Gasteiger charge is -2.30. The Hall–Kier alpha value is -2.21. The summed E-state index contributed by atoms with van der Waals surface area (Å²) in [6, 6.07) is 4.20. The fraction of sp³-hybridized carbons (Fsp3) is 0.400. The number of likely N-dealkylation sites (N-methyl/N-ethyl adjacent to an activating group) is 1. The third-order valence-electron chi connectivity index (χ3n) is 3.74. The molecule has 0 saturated carbocycles. The van der Waals surface area contributed by atoms with Crippen molar-refractivity contribution in [3.05, 3.63) is 30.7 Å². The van der Waals surface area contributed by atoms with Crippen molar-refractivity contribution >= 4 is 11.6 Å². The van der Waals surface area contributed by atoms with Crippen LogP contribution in [0.15, 0.2) is 30.7 Å². The molecule has 0 aromatic carbocycles. The highest BCUT2D eigenvalue weighted by Crippen LogP contribution is 2.22. The topological polar surface area (TPSA) is 80.0 Å². The highest BCUT2D eigenvalue weighted by atomic mass is 15.2. The summed E-state index contributed by atoms with van der Waals surface area (Å²) in [7, 11) is 2.14. The smallest absolute Gasteiger partial charge is 0.169 e. The summed E-state index contributed by atoms with van der Waals surface area (Å²) in [4.78, 5) is 15.2. The lowest BCUT2D eigenvalue weighted by molar-refractivity contribution is 0.261. The molecule has 3 heterocycles. The van der Waals surface area contributed by atoms with Crippen molar-refractivity contribution in [2.45, 2.75) is 18.9 Å². The molecule has 0 spiro atoms. The zero-order valence-corrected chi connectivity index (χ0v) is 12.2. The lowest BCUT2D eigenvalue weighted by atomic mass is 10.1. The zero-order valence-electron chi connectivity index (χ0n) is 12.2. The molecule has 1 atom stereocenters. The molecule has 1 fully saturated rings. The van der Waals surface area contributed by atoms with Crippen LogP contribution in [0.1, 0.15) is 12.8 Å². The van der Waals surface area contributed by atoms with Gasteiger partial charge < -0.3 is 16.0 Å². The first kappa shape index (κ1) is 13.8. The number of nitrogen functional groups attached to an aromatic ring is 1. The Bertz CT molecular complexity index is 600. The van der Waals surface area contributed by atoms with Crippen molar-refractivity contribution in [2.24, 2.45) is 0 Å². The van der Waals surface area contributed by atoms with Crippen LogP contribution in [0.3, 0.4) is 0 Å². The molecule has 1 aliphatic heterocycles. The Morgan fingerprint density at radius 3 is 2.90 bits per heavy atom. The predicted octanol–water partition coefficient (Wildman–Crippen LogP) is 1.63. The molecular weight excluding hydrogens is 264 g/mol. The van der Waals surface area contributed by atoms with E-state index in [4.69, 9.17) is 5.73 Å².